The largest absolute Gasteiger partial charge is 0.383 e. The molecule has 2 aromatic rings. The van der Waals surface area contributed by atoms with Crippen LogP contribution in [0.4, 0.5) is 0 Å². The van der Waals surface area contributed by atoms with Crippen molar-refractivity contribution in [2.24, 2.45) is 0 Å². The molecule has 4 heteroatoms. The highest BCUT2D eigenvalue weighted by Gasteiger charge is 2.09. The van der Waals surface area contributed by atoms with Crippen LogP contribution in [-0.2, 0) is 11.3 Å². The van der Waals surface area contributed by atoms with E-state index in [1.54, 1.807) is 18.9 Å². The summed E-state index contributed by atoms with van der Waals surface area (Å²) >= 11 is 1.70. The van der Waals surface area contributed by atoms with Gasteiger partial charge in [-0.2, -0.15) is 0 Å². The van der Waals surface area contributed by atoms with Gasteiger partial charge < -0.3 is 9.30 Å². The van der Waals surface area contributed by atoms with Crippen molar-refractivity contribution in [3.63, 3.8) is 0 Å². The number of rotatable bonds is 6. The number of benzene rings is 1. The molecular formula is C13H16N2OS. The smallest absolute Gasteiger partial charge is 0.169 e. The number of hydrogen-bond donors (Lipinski definition) is 0. The van der Waals surface area contributed by atoms with E-state index in [0.29, 0.717) is 6.61 Å². The van der Waals surface area contributed by atoms with Crippen molar-refractivity contribution in [2.75, 3.05) is 19.5 Å². The number of thioether (sulfide) groups is 1. The lowest BCUT2D eigenvalue weighted by molar-refractivity contribution is 0.186. The van der Waals surface area contributed by atoms with Crippen LogP contribution in [-0.4, -0.2) is 29.0 Å². The average molecular weight is 248 g/mol. The van der Waals surface area contributed by atoms with E-state index in [-0.39, 0.29) is 0 Å². The zero-order chi connectivity index (χ0) is 12.1. The lowest BCUT2D eigenvalue weighted by Gasteiger charge is -2.07. The summed E-state index contributed by atoms with van der Waals surface area (Å²) in [4.78, 5) is 4.63. The van der Waals surface area contributed by atoms with E-state index in [4.69, 9.17) is 4.74 Å². The zero-order valence-corrected chi connectivity index (χ0v) is 10.7. The molecule has 0 fully saturated rings. The summed E-state index contributed by atoms with van der Waals surface area (Å²) in [7, 11) is 1.72. The van der Waals surface area contributed by atoms with Gasteiger partial charge in [0.1, 0.15) is 0 Å². The highest BCUT2D eigenvalue weighted by Crippen LogP contribution is 2.23. The van der Waals surface area contributed by atoms with Gasteiger partial charge in [-0.05, 0) is 12.1 Å². The Bertz CT molecular complexity index is 507. The van der Waals surface area contributed by atoms with Gasteiger partial charge in [-0.15, -0.1) is 6.58 Å². The fourth-order valence-corrected chi connectivity index (χ4v) is 2.47. The molecule has 0 radical (unpaired) electrons. The van der Waals surface area contributed by atoms with Crippen molar-refractivity contribution < 1.29 is 4.74 Å². The molecule has 2 rings (SSSR count). The van der Waals surface area contributed by atoms with Crippen LogP contribution in [0.1, 0.15) is 0 Å². The van der Waals surface area contributed by atoms with E-state index in [0.717, 1.165) is 28.5 Å². The second-order valence-corrected chi connectivity index (χ2v) is 4.61. The number of ether oxygens (including phenoxy) is 1. The number of para-hydroxylation sites is 2. The van der Waals surface area contributed by atoms with Crippen molar-refractivity contribution in [1.82, 2.24) is 9.55 Å². The molecular weight excluding hydrogens is 232 g/mol. The Kier molecular flexibility index (Phi) is 4.23. The Hall–Kier alpha value is -1.26. The number of nitrogens with zero attached hydrogens (tertiary/aromatic N) is 2. The molecule has 0 spiro atoms. The minimum atomic E-state index is 0.696. The van der Waals surface area contributed by atoms with Gasteiger partial charge in [0.25, 0.3) is 0 Å². The molecule has 0 aliphatic rings. The Morgan fingerprint density at radius 1 is 1.47 bits per heavy atom. The maximum atomic E-state index is 5.15. The van der Waals surface area contributed by atoms with Gasteiger partial charge in [-0.25, -0.2) is 4.98 Å². The summed E-state index contributed by atoms with van der Waals surface area (Å²) in [6.45, 7) is 5.27. The third-order valence-electron chi connectivity index (χ3n) is 2.47. The summed E-state index contributed by atoms with van der Waals surface area (Å²) < 4.78 is 7.35. The number of aromatic nitrogens is 2. The lowest BCUT2D eigenvalue weighted by Crippen LogP contribution is -2.05. The highest BCUT2D eigenvalue weighted by atomic mass is 32.2. The van der Waals surface area contributed by atoms with Gasteiger partial charge in [0.2, 0.25) is 0 Å². The minimum Gasteiger partial charge on any atom is -0.383 e. The minimum absolute atomic E-state index is 0.696. The summed E-state index contributed by atoms with van der Waals surface area (Å²) in [5.41, 5.74) is 2.20. The standard InChI is InChI=1S/C13H16N2OS/c1-3-10-17-13-14-11-6-4-5-7-12(11)15(13)8-9-16-2/h3-7H,1,8-10H2,2H3. The molecule has 0 aliphatic heterocycles. The Labute approximate surface area is 105 Å². The molecule has 0 saturated heterocycles. The Morgan fingerprint density at radius 2 is 2.29 bits per heavy atom. The van der Waals surface area contributed by atoms with Crippen LogP contribution >= 0.6 is 11.8 Å². The molecule has 0 saturated carbocycles. The van der Waals surface area contributed by atoms with Crippen LogP contribution in [0.2, 0.25) is 0 Å². The predicted molar refractivity (Wildman–Crippen MR) is 72.5 cm³/mol. The van der Waals surface area contributed by atoms with E-state index >= 15 is 0 Å². The van der Waals surface area contributed by atoms with Crippen molar-refractivity contribution in [3.05, 3.63) is 36.9 Å². The topological polar surface area (TPSA) is 27.1 Å². The predicted octanol–water partition coefficient (Wildman–Crippen LogP) is 2.96. The van der Waals surface area contributed by atoms with Crippen molar-refractivity contribution in [1.29, 1.82) is 0 Å². The monoisotopic (exact) mass is 248 g/mol. The number of hydrogen-bond acceptors (Lipinski definition) is 3. The van der Waals surface area contributed by atoms with Crippen molar-refractivity contribution in [2.45, 2.75) is 11.7 Å². The molecule has 3 nitrogen and oxygen atoms in total. The maximum absolute atomic E-state index is 5.15. The maximum Gasteiger partial charge on any atom is 0.169 e. The normalized spacial score (nSPS) is 10.9. The van der Waals surface area contributed by atoms with E-state index in [2.05, 4.69) is 22.2 Å². The van der Waals surface area contributed by atoms with Gasteiger partial charge in [0.05, 0.1) is 17.6 Å². The van der Waals surface area contributed by atoms with Gasteiger partial charge in [0.15, 0.2) is 5.16 Å². The molecule has 0 aliphatic carbocycles. The molecule has 0 atom stereocenters. The second-order valence-electron chi connectivity index (χ2n) is 3.63. The fourth-order valence-electron chi connectivity index (χ4n) is 1.70. The van der Waals surface area contributed by atoms with Crippen LogP contribution in [0.3, 0.4) is 0 Å². The third-order valence-corrected chi connectivity index (χ3v) is 3.44. The molecule has 90 valence electrons. The van der Waals surface area contributed by atoms with Crippen molar-refractivity contribution >= 4 is 22.8 Å². The van der Waals surface area contributed by atoms with Crippen LogP contribution < -0.4 is 0 Å². The number of methoxy groups -OCH3 is 1. The third kappa shape index (κ3) is 2.70. The zero-order valence-electron chi connectivity index (χ0n) is 9.93. The Balaban J connectivity index is 2.37. The van der Waals surface area contributed by atoms with E-state index in [1.807, 2.05) is 24.3 Å². The lowest BCUT2D eigenvalue weighted by atomic mass is 10.3. The first-order chi connectivity index (χ1) is 8.36. The summed E-state index contributed by atoms with van der Waals surface area (Å²) in [5.74, 6) is 0.871. The molecule has 1 aromatic carbocycles. The van der Waals surface area contributed by atoms with Crippen molar-refractivity contribution in [3.8, 4) is 0 Å². The first kappa shape index (κ1) is 12.2. The summed E-state index contributed by atoms with van der Waals surface area (Å²) in [5, 5.41) is 1.03. The number of fused-ring (bicyclic) bond motifs is 1. The SMILES string of the molecule is C=CCSc1nc2ccccc2n1CCOC. The molecule has 17 heavy (non-hydrogen) atoms. The average Bonchev–Trinajstić information content (AvgIpc) is 2.71. The highest BCUT2D eigenvalue weighted by molar-refractivity contribution is 7.99. The quantitative estimate of drug-likeness (QED) is 0.581. The van der Waals surface area contributed by atoms with Crippen LogP contribution in [0.15, 0.2) is 42.1 Å². The van der Waals surface area contributed by atoms with E-state index in [1.165, 1.54) is 0 Å². The van der Waals surface area contributed by atoms with Gasteiger partial charge in [-0.3, -0.25) is 0 Å². The Morgan fingerprint density at radius 3 is 3.06 bits per heavy atom. The summed E-state index contributed by atoms with van der Waals surface area (Å²) in [6, 6.07) is 8.18. The molecule has 1 aromatic heterocycles. The second kappa shape index (κ2) is 5.89. The van der Waals surface area contributed by atoms with Gasteiger partial charge >= 0.3 is 0 Å². The number of imidazole rings is 1. The molecule has 0 amide bonds. The molecule has 1 heterocycles. The van der Waals surface area contributed by atoms with Gasteiger partial charge in [-0.1, -0.05) is 30.0 Å². The molecule has 0 unspecified atom stereocenters. The fraction of sp³-hybridized carbons (Fsp3) is 0.308. The van der Waals surface area contributed by atoms with E-state index in [9.17, 15) is 0 Å². The van der Waals surface area contributed by atoms with Crippen LogP contribution in [0.25, 0.3) is 11.0 Å². The first-order valence-corrected chi connectivity index (χ1v) is 6.53. The van der Waals surface area contributed by atoms with E-state index < -0.39 is 0 Å². The van der Waals surface area contributed by atoms with Gasteiger partial charge in [0, 0.05) is 19.4 Å². The summed E-state index contributed by atoms with van der Waals surface area (Å²) in [6.07, 6.45) is 1.89. The van der Waals surface area contributed by atoms with Crippen LogP contribution in [0, 0.1) is 0 Å². The van der Waals surface area contributed by atoms with Crippen LogP contribution in [0.5, 0.6) is 0 Å². The molecule has 0 bridgehead atoms. The molecule has 0 N–H and O–H groups in total. The first-order valence-electron chi connectivity index (χ1n) is 5.54.